The summed E-state index contributed by atoms with van der Waals surface area (Å²) in [6, 6.07) is 9.36. The van der Waals surface area contributed by atoms with Crippen LogP contribution in [0.4, 0.5) is 0 Å². The summed E-state index contributed by atoms with van der Waals surface area (Å²) in [5, 5.41) is 9.21. The SMILES string of the molecule is COc1ccccc1C(C#N)C(=O)C1CCC1. The van der Waals surface area contributed by atoms with Crippen LogP contribution in [-0.2, 0) is 4.79 Å². The van der Waals surface area contributed by atoms with Crippen molar-refractivity contribution in [3.8, 4) is 11.8 Å². The molecule has 1 fully saturated rings. The van der Waals surface area contributed by atoms with Crippen molar-refractivity contribution in [3.05, 3.63) is 29.8 Å². The number of carbonyl (C=O) groups excluding carboxylic acids is 1. The zero-order valence-electron chi connectivity index (χ0n) is 9.85. The van der Waals surface area contributed by atoms with Crippen molar-refractivity contribution in [1.82, 2.24) is 0 Å². The van der Waals surface area contributed by atoms with Gasteiger partial charge in [-0.25, -0.2) is 0 Å². The zero-order valence-corrected chi connectivity index (χ0v) is 9.85. The summed E-state index contributed by atoms with van der Waals surface area (Å²) in [5.41, 5.74) is 0.689. The molecule has 1 unspecified atom stereocenters. The molecule has 0 aliphatic heterocycles. The Balaban J connectivity index is 2.28. The van der Waals surface area contributed by atoms with Crippen LogP contribution in [0.2, 0.25) is 0 Å². The molecule has 0 saturated heterocycles. The van der Waals surface area contributed by atoms with E-state index in [1.165, 1.54) is 0 Å². The molecule has 2 rings (SSSR count). The molecule has 0 bridgehead atoms. The highest BCUT2D eigenvalue weighted by atomic mass is 16.5. The van der Waals surface area contributed by atoms with E-state index in [1.807, 2.05) is 12.1 Å². The first-order valence-electron chi connectivity index (χ1n) is 5.84. The molecule has 3 nitrogen and oxygen atoms in total. The van der Waals surface area contributed by atoms with E-state index < -0.39 is 5.92 Å². The van der Waals surface area contributed by atoms with Gasteiger partial charge in [-0.15, -0.1) is 0 Å². The van der Waals surface area contributed by atoms with Gasteiger partial charge in [-0.3, -0.25) is 4.79 Å². The van der Waals surface area contributed by atoms with Crippen LogP contribution in [0.25, 0.3) is 0 Å². The second-order valence-electron chi connectivity index (χ2n) is 4.33. The van der Waals surface area contributed by atoms with Crippen LogP contribution in [0.5, 0.6) is 5.75 Å². The van der Waals surface area contributed by atoms with Gasteiger partial charge in [0.1, 0.15) is 11.7 Å². The molecule has 0 heterocycles. The lowest BCUT2D eigenvalue weighted by atomic mass is 9.76. The molecule has 1 aliphatic rings. The third kappa shape index (κ3) is 2.16. The Labute approximate surface area is 101 Å². The van der Waals surface area contributed by atoms with Crippen LogP contribution in [0.15, 0.2) is 24.3 Å². The third-order valence-corrected chi connectivity index (χ3v) is 3.37. The Hall–Kier alpha value is -1.82. The van der Waals surface area contributed by atoms with Gasteiger partial charge in [-0.05, 0) is 18.9 Å². The first-order valence-corrected chi connectivity index (χ1v) is 5.84. The van der Waals surface area contributed by atoms with Gasteiger partial charge in [0.25, 0.3) is 0 Å². The Morgan fingerprint density at radius 1 is 1.47 bits per heavy atom. The van der Waals surface area contributed by atoms with Crippen molar-refractivity contribution in [2.24, 2.45) is 5.92 Å². The minimum atomic E-state index is -0.684. The fraction of sp³-hybridized carbons (Fsp3) is 0.429. The number of rotatable bonds is 4. The monoisotopic (exact) mass is 229 g/mol. The van der Waals surface area contributed by atoms with Crippen LogP contribution < -0.4 is 4.74 Å². The largest absolute Gasteiger partial charge is 0.496 e. The predicted octanol–water partition coefficient (Wildman–Crippen LogP) is 2.67. The highest BCUT2D eigenvalue weighted by Crippen LogP contribution is 2.35. The summed E-state index contributed by atoms with van der Waals surface area (Å²) in [5.74, 6) is 0.0518. The maximum absolute atomic E-state index is 12.1. The molecule has 0 amide bonds. The highest BCUT2D eigenvalue weighted by molar-refractivity contribution is 5.91. The fourth-order valence-corrected chi connectivity index (χ4v) is 2.12. The van der Waals surface area contributed by atoms with Gasteiger partial charge >= 0.3 is 0 Å². The minimum Gasteiger partial charge on any atom is -0.496 e. The quantitative estimate of drug-likeness (QED) is 0.797. The Bertz CT molecular complexity index is 458. The number of methoxy groups -OCH3 is 1. The minimum absolute atomic E-state index is 0.0447. The van der Waals surface area contributed by atoms with E-state index >= 15 is 0 Å². The molecule has 1 atom stereocenters. The van der Waals surface area contributed by atoms with Crippen molar-refractivity contribution in [2.75, 3.05) is 7.11 Å². The average Bonchev–Trinajstić information content (AvgIpc) is 2.28. The van der Waals surface area contributed by atoms with Gasteiger partial charge in [0, 0.05) is 11.5 Å². The van der Waals surface area contributed by atoms with E-state index in [0.29, 0.717) is 11.3 Å². The third-order valence-electron chi connectivity index (χ3n) is 3.37. The molecule has 1 aromatic carbocycles. The summed E-state index contributed by atoms with van der Waals surface area (Å²) in [6.07, 6.45) is 2.94. The molecule has 17 heavy (non-hydrogen) atoms. The van der Waals surface area contributed by atoms with Crippen LogP contribution in [0.1, 0.15) is 30.7 Å². The normalized spacial score (nSPS) is 16.7. The van der Waals surface area contributed by atoms with Crippen molar-refractivity contribution in [1.29, 1.82) is 5.26 Å². The van der Waals surface area contributed by atoms with Crippen LogP contribution in [0, 0.1) is 17.2 Å². The van der Waals surface area contributed by atoms with E-state index in [-0.39, 0.29) is 11.7 Å². The lowest BCUT2D eigenvalue weighted by Crippen LogP contribution is -2.27. The maximum atomic E-state index is 12.1. The van der Waals surface area contributed by atoms with E-state index in [0.717, 1.165) is 19.3 Å². The first-order chi connectivity index (χ1) is 8.27. The molecule has 0 spiro atoms. The van der Waals surface area contributed by atoms with Crippen molar-refractivity contribution in [3.63, 3.8) is 0 Å². The second kappa shape index (κ2) is 5.01. The molecular weight excluding hydrogens is 214 g/mol. The summed E-state index contributed by atoms with van der Waals surface area (Å²) in [6.45, 7) is 0. The zero-order chi connectivity index (χ0) is 12.3. The number of Topliss-reactive ketones (excluding diaryl/α,β-unsaturated/α-hetero) is 1. The number of nitrogens with zero attached hydrogens (tertiary/aromatic N) is 1. The lowest BCUT2D eigenvalue weighted by Gasteiger charge is -2.26. The number of hydrogen-bond acceptors (Lipinski definition) is 3. The predicted molar refractivity (Wildman–Crippen MR) is 63.7 cm³/mol. The molecule has 0 radical (unpaired) electrons. The fourth-order valence-electron chi connectivity index (χ4n) is 2.12. The maximum Gasteiger partial charge on any atom is 0.157 e. The van der Waals surface area contributed by atoms with E-state index in [4.69, 9.17) is 4.74 Å². The second-order valence-corrected chi connectivity index (χ2v) is 4.33. The molecule has 0 N–H and O–H groups in total. The summed E-state index contributed by atoms with van der Waals surface area (Å²) >= 11 is 0. The van der Waals surface area contributed by atoms with Gasteiger partial charge in [-0.2, -0.15) is 5.26 Å². The van der Waals surface area contributed by atoms with Gasteiger partial charge in [0.15, 0.2) is 5.78 Å². The molecule has 88 valence electrons. The number of hydrogen-bond donors (Lipinski definition) is 0. The van der Waals surface area contributed by atoms with Crippen molar-refractivity contribution in [2.45, 2.75) is 25.2 Å². The highest BCUT2D eigenvalue weighted by Gasteiger charge is 2.33. The Kier molecular flexibility index (Phi) is 3.43. The summed E-state index contributed by atoms with van der Waals surface area (Å²) in [7, 11) is 1.56. The first kappa shape index (κ1) is 11.7. The molecule has 1 aliphatic carbocycles. The van der Waals surface area contributed by atoms with Crippen molar-refractivity contribution >= 4 is 5.78 Å². The van der Waals surface area contributed by atoms with Crippen molar-refractivity contribution < 1.29 is 9.53 Å². The number of ether oxygens (including phenoxy) is 1. The summed E-state index contributed by atoms with van der Waals surface area (Å²) in [4.78, 5) is 12.1. The van der Waals surface area contributed by atoms with Crippen LogP contribution in [0.3, 0.4) is 0 Å². The van der Waals surface area contributed by atoms with E-state index in [2.05, 4.69) is 6.07 Å². The van der Waals surface area contributed by atoms with Gasteiger partial charge in [0.2, 0.25) is 0 Å². The molecule has 0 aromatic heterocycles. The van der Waals surface area contributed by atoms with Gasteiger partial charge in [-0.1, -0.05) is 24.6 Å². The molecular formula is C14H15NO2. The van der Waals surface area contributed by atoms with E-state index in [1.54, 1.807) is 19.2 Å². The standard InChI is InChI=1S/C14H15NO2/c1-17-13-8-3-2-7-11(13)12(9-15)14(16)10-5-4-6-10/h2-3,7-8,10,12H,4-6H2,1H3. The molecule has 1 aromatic rings. The lowest BCUT2D eigenvalue weighted by molar-refractivity contribution is -0.125. The van der Waals surface area contributed by atoms with Crippen LogP contribution >= 0.6 is 0 Å². The molecule has 1 saturated carbocycles. The number of ketones is 1. The number of benzene rings is 1. The topological polar surface area (TPSA) is 50.1 Å². The average molecular weight is 229 g/mol. The molecule has 3 heteroatoms. The Morgan fingerprint density at radius 3 is 2.71 bits per heavy atom. The number of para-hydroxylation sites is 1. The summed E-state index contributed by atoms with van der Waals surface area (Å²) < 4.78 is 5.21. The number of carbonyl (C=O) groups is 1. The Morgan fingerprint density at radius 2 is 2.18 bits per heavy atom. The van der Waals surface area contributed by atoms with E-state index in [9.17, 15) is 10.1 Å². The van der Waals surface area contributed by atoms with Crippen LogP contribution in [-0.4, -0.2) is 12.9 Å². The van der Waals surface area contributed by atoms with Gasteiger partial charge in [0.05, 0.1) is 13.2 Å². The smallest absolute Gasteiger partial charge is 0.157 e. The van der Waals surface area contributed by atoms with Gasteiger partial charge < -0.3 is 4.74 Å². The number of nitriles is 1.